The summed E-state index contributed by atoms with van der Waals surface area (Å²) in [5.41, 5.74) is 1.77. The van der Waals surface area contributed by atoms with Crippen LogP contribution in [0.15, 0.2) is 48.8 Å². The highest BCUT2D eigenvalue weighted by Crippen LogP contribution is 2.29. The van der Waals surface area contributed by atoms with Crippen LogP contribution in [0.2, 0.25) is 0 Å². The van der Waals surface area contributed by atoms with Crippen molar-refractivity contribution in [2.45, 2.75) is 19.5 Å². The fourth-order valence-electron chi connectivity index (χ4n) is 3.55. The number of benzene rings is 1. The van der Waals surface area contributed by atoms with Gasteiger partial charge in [-0.15, -0.1) is 0 Å². The van der Waals surface area contributed by atoms with Crippen LogP contribution in [0.3, 0.4) is 0 Å². The highest BCUT2D eigenvalue weighted by molar-refractivity contribution is 6.11. The van der Waals surface area contributed by atoms with Gasteiger partial charge in [-0.25, -0.2) is 9.78 Å². The van der Waals surface area contributed by atoms with E-state index in [-0.39, 0.29) is 29.1 Å². The summed E-state index contributed by atoms with van der Waals surface area (Å²) in [7, 11) is 1.50. The Bertz CT molecular complexity index is 1150. The summed E-state index contributed by atoms with van der Waals surface area (Å²) in [6.07, 6.45) is 1.50. The van der Waals surface area contributed by atoms with Crippen LogP contribution in [-0.4, -0.2) is 50.8 Å². The maximum absolute atomic E-state index is 13.1. The lowest BCUT2D eigenvalue weighted by molar-refractivity contribution is 0.0947. The predicted octanol–water partition coefficient (Wildman–Crippen LogP) is 2.66. The van der Waals surface area contributed by atoms with Crippen LogP contribution >= 0.6 is 0 Å². The minimum Gasteiger partial charge on any atom is -0.481 e. The Balaban J connectivity index is 1.60. The van der Waals surface area contributed by atoms with Crippen LogP contribution in [0.5, 0.6) is 5.88 Å². The van der Waals surface area contributed by atoms with Crippen molar-refractivity contribution in [2.75, 3.05) is 17.3 Å². The van der Waals surface area contributed by atoms with Crippen molar-refractivity contribution in [1.29, 1.82) is 0 Å². The Morgan fingerprint density at radius 1 is 1.13 bits per heavy atom. The first-order valence-electron chi connectivity index (χ1n) is 9.43. The number of methoxy groups -OCH3 is 1. The van der Waals surface area contributed by atoms with E-state index in [1.165, 1.54) is 24.2 Å². The summed E-state index contributed by atoms with van der Waals surface area (Å²) in [4.78, 5) is 42.5. The number of rotatable bonds is 5. The van der Waals surface area contributed by atoms with Crippen molar-refractivity contribution in [3.8, 4) is 5.88 Å². The summed E-state index contributed by atoms with van der Waals surface area (Å²) in [6, 6.07) is 9.70. The molecule has 0 spiro atoms. The minimum absolute atomic E-state index is 0.133. The van der Waals surface area contributed by atoms with Crippen molar-refractivity contribution >= 4 is 29.2 Å². The standard InChI is InChI=1S/C21H19N5O5/c1-12-11-25-18(16(10-23-25)24-21(29)30)20(28)26(12)15-6-3-13(4-7-15)19(27)14-5-8-17(31-2)22-9-14/h3-10,12,24H,11H2,1-2H3,(H,29,30). The number of aromatic nitrogens is 3. The Labute approximate surface area is 177 Å². The topological polar surface area (TPSA) is 127 Å². The first-order chi connectivity index (χ1) is 14.9. The fourth-order valence-corrected chi connectivity index (χ4v) is 3.55. The SMILES string of the molecule is COc1ccc(C(=O)c2ccc(N3C(=O)c4c(NC(=O)O)cnn4CC3C)cc2)cn1. The molecule has 3 aromatic rings. The van der Waals surface area contributed by atoms with Crippen LogP contribution in [0.4, 0.5) is 16.2 Å². The smallest absolute Gasteiger partial charge is 0.409 e. The van der Waals surface area contributed by atoms with Gasteiger partial charge in [-0.3, -0.25) is 19.6 Å². The molecule has 10 nitrogen and oxygen atoms in total. The molecule has 4 rings (SSSR count). The van der Waals surface area contributed by atoms with Crippen LogP contribution in [0, 0.1) is 0 Å². The summed E-state index contributed by atoms with van der Waals surface area (Å²) < 4.78 is 6.49. The second-order valence-electron chi connectivity index (χ2n) is 7.01. The summed E-state index contributed by atoms with van der Waals surface area (Å²) in [6.45, 7) is 2.27. The molecule has 1 aromatic carbocycles. The number of nitrogens with zero attached hydrogens (tertiary/aromatic N) is 4. The van der Waals surface area contributed by atoms with Gasteiger partial charge in [0, 0.05) is 29.1 Å². The van der Waals surface area contributed by atoms with E-state index in [0.29, 0.717) is 29.2 Å². The number of carboxylic acid groups (broad SMARTS) is 1. The van der Waals surface area contributed by atoms with Gasteiger partial charge in [-0.1, -0.05) is 0 Å². The molecule has 10 heteroatoms. The molecule has 2 amide bonds. The maximum Gasteiger partial charge on any atom is 0.409 e. The van der Waals surface area contributed by atoms with Crippen molar-refractivity contribution in [3.05, 3.63) is 65.6 Å². The molecule has 3 heterocycles. The van der Waals surface area contributed by atoms with Gasteiger partial charge in [-0.2, -0.15) is 5.10 Å². The lowest BCUT2D eigenvalue weighted by atomic mass is 10.0. The molecule has 0 fully saturated rings. The van der Waals surface area contributed by atoms with Gasteiger partial charge in [-0.05, 0) is 37.3 Å². The molecule has 1 aliphatic heterocycles. The van der Waals surface area contributed by atoms with Crippen molar-refractivity contribution in [1.82, 2.24) is 14.8 Å². The summed E-state index contributed by atoms with van der Waals surface area (Å²) in [5, 5.41) is 15.3. The number of pyridine rings is 1. The number of carbonyl (C=O) groups is 3. The molecule has 0 saturated carbocycles. The molecule has 158 valence electrons. The Morgan fingerprint density at radius 2 is 1.84 bits per heavy atom. The highest BCUT2D eigenvalue weighted by atomic mass is 16.5. The van der Waals surface area contributed by atoms with E-state index in [4.69, 9.17) is 9.84 Å². The van der Waals surface area contributed by atoms with E-state index < -0.39 is 6.09 Å². The highest BCUT2D eigenvalue weighted by Gasteiger charge is 2.34. The summed E-state index contributed by atoms with van der Waals surface area (Å²) >= 11 is 0. The van der Waals surface area contributed by atoms with E-state index >= 15 is 0 Å². The minimum atomic E-state index is -1.27. The van der Waals surface area contributed by atoms with E-state index in [2.05, 4.69) is 15.4 Å². The number of ketones is 1. The van der Waals surface area contributed by atoms with Crippen LogP contribution in [0.1, 0.15) is 33.3 Å². The average molecular weight is 421 g/mol. The molecule has 0 saturated heterocycles. The van der Waals surface area contributed by atoms with Crippen molar-refractivity contribution in [3.63, 3.8) is 0 Å². The number of hydrogen-bond acceptors (Lipinski definition) is 6. The maximum atomic E-state index is 13.1. The van der Waals surface area contributed by atoms with Crippen molar-refractivity contribution in [2.24, 2.45) is 0 Å². The third-order valence-electron chi connectivity index (χ3n) is 5.00. The van der Waals surface area contributed by atoms with Gasteiger partial charge in [0.05, 0.1) is 31.6 Å². The van der Waals surface area contributed by atoms with Gasteiger partial charge in [0.1, 0.15) is 0 Å². The number of nitrogens with one attached hydrogen (secondary N) is 1. The second kappa shape index (κ2) is 7.90. The van der Waals surface area contributed by atoms with Crippen LogP contribution in [-0.2, 0) is 6.54 Å². The third-order valence-corrected chi connectivity index (χ3v) is 5.00. The molecule has 2 aromatic heterocycles. The zero-order chi connectivity index (χ0) is 22.1. The van der Waals surface area contributed by atoms with Crippen LogP contribution in [0.25, 0.3) is 0 Å². The largest absolute Gasteiger partial charge is 0.481 e. The summed E-state index contributed by atoms with van der Waals surface area (Å²) in [5.74, 6) is -0.162. The number of hydrogen-bond donors (Lipinski definition) is 2. The van der Waals surface area contributed by atoms with Gasteiger partial charge in [0.25, 0.3) is 5.91 Å². The van der Waals surface area contributed by atoms with Gasteiger partial charge >= 0.3 is 6.09 Å². The monoisotopic (exact) mass is 421 g/mol. The van der Waals surface area contributed by atoms with E-state index in [0.717, 1.165) is 0 Å². The normalized spacial score (nSPS) is 15.4. The van der Waals surface area contributed by atoms with E-state index in [1.807, 2.05) is 6.92 Å². The lowest BCUT2D eigenvalue weighted by Gasteiger charge is -2.34. The molecule has 1 aliphatic rings. The third kappa shape index (κ3) is 3.70. The molecular weight excluding hydrogens is 402 g/mol. The Hall–Kier alpha value is -4.21. The van der Waals surface area contributed by atoms with E-state index in [1.54, 1.807) is 41.3 Å². The van der Waals surface area contributed by atoms with Gasteiger partial charge < -0.3 is 14.7 Å². The fraction of sp³-hybridized carbons (Fsp3) is 0.190. The predicted molar refractivity (Wildman–Crippen MR) is 111 cm³/mol. The molecule has 1 unspecified atom stereocenters. The Kier molecular flexibility index (Phi) is 5.12. The van der Waals surface area contributed by atoms with Gasteiger partial charge in [0.15, 0.2) is 11.5 Å². The average Bonchev–Trinajstić information content (AvgIpc) is 3.15. The first-order valence-corrected chi connectivity index (χ1v) is 9.43. The number of amides is 2. The lowest BCUT2D eigenvalue weighted by Crippen LogP contribution is -2.47. The van der Waals surface area contributed by atoms with Crippen molar-refractivity contribution < 1.29 is 24.2 Å². The zero-order valence-corrected chi connectivity index (χ0v) is 16.8. The second-order valence-corrected chi connectivity index (χ2v) is 7.01. The first kappa shape index (κ1) is 20.1. The molecule has 0 aliphatic carbocycles. The molecule has 2 N–H and O–H groups in total. The quantitative estimate of drug-likeness (QED) is 0.606. The molecular formula is C21H19N5O5. The zero-order valence-electron chi connectivity index (χ0n) is 16.8. The van der Waals surface area contributed by atoms with E-state index in [9.17, 15) is 14.4 Å². The van der Waals surface area contributed by atoms with Crippen LogP contribution < -0.4 is 15.0 Å². The number of ether oxygens (including phenoxy) is 1. The Morgan fingerprint density at radius 3 is 2.45 bits per heavy atom. The number of carbonyl (C=O) groups excluding carboxylic acids is 2. The molecule has 0 bridgehead atoms. The molecule has 0 radical (unpaired) electrons. The molecule has 31 heavy (non-hydrogen) atoms. The van der Waals surface area contributed by atoms with Gasteiger partial charge in [0.2, 0.25) is 5.88 Å². The molecule has 1 atom stereocenters. The number of fused-ring (bicyclic) bond motifs is 1. The number of anilines is 2.